The maximum atomic E-state index is 11.7. The molecule has 19 heavy (non-hydrogen) atoms. The van der Waals surface area contributed by atoms with Crippen LogP contribution in [0.4, 0.5) is 0 Å². The van der Waals surface area contributed by atoms with Crippen LogP contribution < -0.4 is 15.4 Å². The van der Waals surface area contributed by atoms with Crippen LogP contribution in [0.3, 0.4) is 0 Å². The van der Waals surface area contributed by atoms with E-state index in [4.69, 9.17) is 0 Å². The zero-order chi connectivity index (χ0) is 15.3. The molecular formula is C12H27N3O3S. The van der Waals surface area contributed by atoms with Gasteiger partial charge < -0.3 is 10.6 Å². The van der Waals surface area contributed by atoms with Crippen molar-refractivity contribution in [1.82, 2.24) is 15.4 Å². The van der Waals surface area contributed by atoms with Gasteiger partial charge in [0, 0.05) is 18.6 Å². The first-order chi connectivity index (χ1) is 8.43. The van der Waals surface area contributed by atoms with E-state index in [-0.39, 0.29) is 11.9 Å². The van der Waals surface area contributed by atoms with Gasteiger partial charge in [0.15, 0.2) is 0 Å². The maximum absolute atomic E-state index is 11.7. The van der Waals surface area contributed by atoms with Gasteiger partial charge in [-0.05, 0) is 26.7 Å². The summed E-state index contributed by atoms with van der Waals surface area (Å²) in [7, 11) is -3.26. The van der Waals surface area contributed by atoms with E-state index < -0.39 is 15.6 Å². The molecule has 0 spiro atoms. The molecular weight excluding hydrogens is 266 g/mol. The van der Waals surface area contributed by atoms with Crippen molar-refractivity contribution in [1.29, 1.82) is 0 Å². The van der Waals surface area contributed by atoms with E-state index in [1.807, 2.05) is 13.8 Å². The lowest BCUT2D eigenvalue weighted by Crippen LogP contribution is -2.54. The number of rotatable bonds is 8. The van der Waals surface area contributed by atoms with Crippen molar-refractivity contribution in [3.05, 3.63) is 0 Å². The third-order valence-corrected chi connectivity index (χ3v) is 3.31. The second-order valence-electron chi connectivity index (χ2n) is 6.00. The average Bonchev–Trinajstić information content (AvgIpc) is 2.19. The summed E-state index contributed by atoms with van der Waals surface area (Å²) in [6, 6.07) is -0.362. The summed E-state index contributed by atoms with van der Waals surface area (Å²) in [4.78, 5) is 11.7. The highest BCUT2D eigenvalue weighted by atomic mass is 32.2. The first-order valence-electron chi connectivity index (χ1n) is 6.43. The topological polar surface area (TPSA) is 87.3 Å². The van der Waals surface area contributed by atoms with Gasteiger partial charge in [0.05, 0.1) is 12.3 Å². The summed E-state index contributed by atoms with van der Waals surface area (Å²) in [6.45, 7) is 10.3. The van der Waals surface area contributed by atoms with E-state index in [0.29, 0.717) is 19.0 Å². The minimum atomic E-state index is -3.26. The van der Waals surface area contributed by atoms with Crippen LogP contribution in [0.25, 0.3) is 0 Å². The number of carbonyl (C=O) groups is 1. The van der Waals surface area contributed by atoms with Crippen molar-refractivity contribution in [2.75, 3.05) is 19.3 Å². The zero-order valence-corrected chi connectivity index (χ0v) is 13.5. The van der Waals surface area contributed by atoms with Crippen LogP contribution in [0.1, 0.15) is 34.6 Å². The van der Waals surface area contributed by atoms with Gasteiger partial charge in [0.25, 0.3) is 0 Å². The molecule has 0 saturated carbocycles. The van der Waals surface area contributed by atoms with Gasteiger partial charge in [-0.3, -0.25) is 4.79 Å². The Balaban J connectivity index is 4.21. The highest BCUT2D eigenvalue weighted by Crippen LogP contribution is 2.02. The second-order valence-corrected chi connectivity index (χ2v) is 7.75. The molecule has 0 bridgehead atoms. The van der Waals surface area contributed by atoms with Crippen LogP contribution in [-0.4, -0.2) is 45.3 Å². The summed E-state index contributed by atoms with van der Waals surface area (Å²) >= 11 is 0. The lowest BCUT2D eigenvalue weighted by atomic mass is 10.1. The van der Waals surface area contributed by atoms with Gasteiger partial charge in [-0.1, -0.05) is 13.8 Å². The molecule has 0 aliphatic rings. The average molecular weight is 293 g/mol. The molecule has 0 saturated heterocycles. The Morgan fingerprint density at radius 2 is 1.74 bits per heavy atom. The first kappa shape index (κ1) is 18.3. The van der Waals surface area contributed by atoms with Crippen LogP contribution in [0.5, 0.6) is 0 Å². The summed E-state index contributed by atoms with van der Waals surface area (Å²) in [5, 5.41) is 5.86. The van der Waals surface area contributed by atoms with E-state index in [9.17, 15) is 13.2 Å². The third-order valence-electron chi connectivity index (χ3n) is 2.39. The highest BCUT2D eigenvalue weighted by molar-refractivity contribution is 7.88. The molecule has 0 aromatic heterocycles. The second kappa shape index (κ2) is 7.21. The summed E-state index contributed by atoms with van der Waals surface area (Å²) in [5.41, 5.74) is -0.639. The van der Waals surface area contributed by atoms with Crippen molar-refractivity contribution in [3.63, 3.8) is 0 Å². The molecule has 0 aliphatic carbocycles. The van der Waals surface area contributed by atoms with Crippen molar-refractivity contribution < 1.29 is 13.2 Å². The van der Waals surface area contributed by atoms with Gasteiger partial charge in [0.2, 0.25) is 15.9 Å². The van der Waals surface area contributed by atoms with E-state index in [0.717, 1.165) is 6.26 Å². The molecule has 6 nitrogen and oxygen atoms in total. The normalized spacial score (nSPS) is 14.5. The van der Waals surface area contributed by atoms with Crippen LogP contribution in [0.2, 0.25) is 0 Å². The Hall–Kier alpha value is -0.660. The minimum absolute atomic E-state index is 0.0798. The van der Waals surface area contributed by atoms with Crippen LogP contribution in [-0.2, 0) is 14.8 Å². The van der Waals surface area contributed by atoms with E-state index >= 15 is 0 Å². The molecule has 0 aromatic rings. The SMILES string of the molecule is CC(C)CNC(=O)C(C)NCC(C)(C)NS(C)(=O)=O. The van der Waals surface area contributed by atoms with Gasteiger partial charge in [0.1, 0.15) is 0 Å². The quantitative estimate of drug-likeness (QED) is 0.591. The fraction of sp³-hybridized carbons (Fsp3) is 0.917. The maximum Gasteiger partial charge on any atom is 0.236 e. The van der Waals surface area contributed by atoms with Crippen LogP contribution in [0.15, 0.2) is 0 Å². The van der Waals surface area contributed by atoms with Crippen molar-refractivity contribution in [2.24, 2.45) is 5.92 Å². The molecule has 0 aromatic carbocycles. The molecule has 1 amide bonds. The molecule has 0 rings (SSSR count). The Labute approximate surface area is 116 Å². The Kier molecular flexibility index (Phi) is 6.96. The third kappa shape index (κ3) is 9.86. The molecule has 1 atom stereocenters. The molecule has 114 valence electrons. The largest absolute Gasteiger partial charge is 0.354 e. The van der Waals surface area contributed by atoms with Crippen molar-refractivity contribution in [3.8, 4) is 0 Å². The first-order valence-corrected chi connectivity index (χ1v) is 8.32. The molecule has 3 N–H and O–H groups in total. The Morgan fingerprint density at radius 1 is 1.21 bits per heavy atom. The predicted octanol–water partition coefficient (Wildman–Crippen LogP) is 0.0645. The van der Waals surface area contributed by atoms with Crippen LogP contribution in [0, 0.1) is 5.92 Å². The predicted molar refractivity (Wildman–Crippen MR) is 77.4 cm³/mol. The standard InChI is InChI=1S/C12H27N3O3S/c1-9(2)7-13-11(16)10(3)14-8-12(4,5)15-19(6,17)18/h9-10,14-15H,7-8H2,1-6H3,(H,13,16). The number of hydrogen-bond acceptors (Lipinski definition) is 4. The fourth-order valence-electron chi connectivity index (χ4n) is 1.50. The van der Waals surface area contributed by atoms with Crippen LogP contribution >= 0.6 is 0 Å². The Bertz CT molecular complexity index is 391. The van der Waals surface area contributed by atoms with E-state index in [1.165, 1.54) is 0 Å². The number of sulfonamides is 1. The van der Waals surface area contributed by atoms with Gasteiger partial charge in [-0.25, -0.2) is 13.1 Å². The molecule has 0 radical (unpaired) electrons. The van der Waals surface area contributed by atoms with Gasteiger partial charge in [-0.15, -0.1) is 0 Å². The van der Waals surface area contributed by atoms with Crippen molar-refractivity contribution in [2.45, 2.75) is 46.2 Å². The highest BCUT2D eigenvalue weighted by Gasteiger charge is 2.23. The molecule has 0 heterocycles. The Morgan fingerprint density at radius 3 is 2.16 bits per heavy atom. The van der Waals surface area contributed by atoms with Gasteiger partial charge in [-0.2, -0.15) is 0 Å². The summed E-state index contributed by atoms with van der Waals surface area (Å²) in [5.74, 6) is 0.323. The van der Waals surface area contributed by atoms with Gasteiger partial charge >= 0.3 is 0 Å². The van der Waals surface area contributed by atoms with E-state index in [1.54, 1.807) is 20.8 Å². The number of carbonyl (C=O) groups excluding carboxylic acids is 1. The number of amides is 1. The lowest BCUT2D eigenvalue weighted by Gasteiger charge is -2.27. The lowest BCUT2D eigenvalue weighted by molar-refractivity contribution is -0.122. The minimum Gasteiger partial charge on any atom is -0.354 e. The summed E-state index contributed by atoms with van der Waals surface area (Å²) < 4.78 is 24.9. The monoisotopic (exact) mass is 293 g/mol. The molecule has 7 heteroatoms. The summed E-state index contributed by atoms with van der Waals surface area (Å²) in [6.07, 6.45) is 1.12. The van der Waals surface area contributed by atoms with E-state index in [2.05, 4.69) is 15.4 Å². The zero-order valence-electron chi connectivity index (χ0n) is 12.7. The van der Waals surface area contributed by atoms with Crippen molar-refractivity contribution >= 4 is 15.9 Å². The number of hydrogen-bond donors (Lipinski definition) is 3. The fourth-order valence-corrected chi connectivity index (χ4v) is 2.57. The smallest absolute Gasteiger partial charge is 0.236 e. The molecule has 0 aliphatic heterocycles. The number of nitrogens with one attached hydrogen (secondary N) is 3. The molecule has 1 unspecified atom stereocenters. The molecule has 0 fully saturated rings.